The monoisotopic (exact) mass is 280 g/mol. The molecule has 3 N–H and O–H groups in total. The Balaban J connectivity index is 1.84. The maximum atomic E-state index is 9.93. The topological polar surface area (TPSA) is 106 Å². The SMILES string of the molecule is Cn1cc(-c2ccn([C@@H]3O[C@H](CO)C(O)[C@@H]3O)n2)cn1. The number of nitrogens with zero attached hydrogens (tertiary/aromatic N) is 4. The van der Waals surface area contributed by atoms with Crippen LogP contribution in [0.5, 0.6) is 0 Å². The lowest BCUT2D eigenvalue weighted by atomic mass is 10.1. The molecule has 8 nitrogen and oxygen atoms in total. The van der Waals surface area contributed by atoms with Crippen molar-refractivity contribution in [3.05, 3.63) is 24.7 Å². The first kappa shape index (κ1) is 13.3. The molecular formula is C12H16N4O4. The third-order valence-electron chi connectivity index (χ3n) is 3.39. The molecule has 2 aromatic rings. The largest absolute Gasteiger partial charge is 0.394 e. The Labute approximate surface area is 114 Å². The molecule has 0 saturated carbocycles. The third-order valence-corrected chi connectivity index (χ3v) is 3.39. The Kier molecular flexibility index (Phi) is 3.30. The first-order valence-corrected chi connectivity index (χ1v) is 6.27. The molecular weight excluding hydrogens is 264 g/mol. The van der Waals surface area contributed by atoms with Gasteiger partial charge in [0, 0.05) is 25.0 Å². The van der Waals surface area contributed by atoms with Gasteiger partial charge in [0.15, 0.2) is 6.23 Å². The van der Waals surface area contributed by atoms with Gasteiger partial charge in [-0.2, -0.15) is 10.2 Å². The van der Waals surface area contributed by atoms with E-state index in [2.05, 4.69) is 10.2 Å². The fourth-order valence-electron chi connectivity index (χ4n) is 2.29. The van der Waals surface area contributed by atoms with E-state index in [0.29, 0.717) is 5.69 Å². The molecule has 3 rings (SSSR count). The Hall–Kier alpha value is -1.74. The van der Waals surface area contributed by atoms with Gasteiger partial charge in [-0.15, -0.1) is 0 Å². The summed E-state index contributed by atoms with van der Waals surface area (Å²) in [6.07, 6.45) is 1.29. The predicted octanol–water partition coefficient (Wildman–Crippen LogP) is -1.10. The molecule has 0 aliphatic carbocycles. The van der Waals surface area contributed by atoms with Gasteiger partial charge in [-0.05, 0) is 6.07 Å². The fourth-order valence-corrected chi connectivity index (χ4v) is 2.29. The van der Waals surface area contributed by atoms with Crippen LogP contribution in [0.25, 0.3) is 11.3 Å². The van der Waals surface area contributed by atoms with Gasteiger partial charge in [-0.1, -0.05) is 0 Å². The maximum Gasteiger partial charge on any atom is 0.179 e. The molecule has 1 aliphatic heterocycles. The molecule has 3 heterocycles. The highest BCUT2D eigenvalue weighted by Crippen LogP contribution is 2.29. The molecule has 0 spiro atoms. The summed E-state index contributed by atoms with van der Waals surface area (Å²) in [5.41, 5.74) is 1.54. The van der Waals surface area contributed by atoms with Gasteiger partial charge in [0.2, 0.25) is 0 Å². The molecule has 4 atom stereocenters. The number of hydrogen-bond donors (Lipinski definition) is 3. The zero-order valence-electron chi connectivity index (χ0n) is 10.9. The quantitative estimate of drug-likeness (QED) is 0.659. The van der Waals surface area contributed by atoms with Crippen molar-refractivity contribution in [2.24, 2.45) is 7.05 Å². The van der Waals surface area contributed by atoms with Crippen molar-refractivity contribution in [3.8, 4) is 11.3 Å². The molecule has 2 aromatic heterocycles. The molecule has 108 valence electrons. The maximum absolute atomic E-state index is 9.93. The number of aliphatic hydroxyl groups excluding tert-OH is 3. The van der Waals surface area contributed by atoms with Crippen molar-refractivity contribution in [2.45, 2.75) is 24.5 Å². The molecule has 8 heteroatoms. The van der Waals surface area contributed by atoms with Gasteiger partial charge in [0.1, 0.15) is 18.3 Å². The highest BCUT2D eigenvalue weighted by molar-refractivity contribution is 5.55. The molecule has 1 aliphatic rings. The fraction of sp³-hybridized carbons (Fsp3) is 0.500. The Bertz CT molecular complexity index is 596. The summed E-state index contributed by atoms with van der Waals surface area (Å²) in [6.45, 7) is -0.356. The van der Waals surface area contributed by atoms with Crippen LogP contribution < -0.4 is 0 Å². The normalized spacial score (nSPS) is 30.0. The summed E-state index contributed by atoms with van der Waals surface area (Å²) in [6, 6.07) is 1.77. The number of ether oxygens (including phenoxy) is 1. The number of rotatable bonds is 3. The van der Waals surface area contributed by atoms with Crippen LogP contribution in [0.1, 0.15) is 6.23 Å². The molecule has 1 saturated heterocycles. The Morgan fingerprint density at radius 2 is 2.15 bits per heavy atom. The van der Waals surface area contributed by atoms with Crippen LogP contribution in [0, 0.1) is 0 Å². The van der Waals surface area contributed by atoms with Gasteiger partial charge in [-0.25, -0.2) is 4.68 Å². The number of aromatic nitrogens is 4. The van der Waals surface area contributed by atoms with E-state index in [1.54, 1.807) is 23.1 Å². The average molecular weight is 280 g/mol. The molecule has 20 heavy (non-hydrogen) atoms. The summed E-state index contributed by atoms with van der Waals surface area (Å²) in [4.78, 5) is 0. The van der Waals surface area contributed by atoms with E-state index in [1.807, 2.05) is 13.2 Å². The summed E-state index contributed by atoms with van der Waals surface area (Å²) in [5.74, 6) is 0. The summed E-state index contributed by atoms with van der Waals surface area (Å²) in [5, 5.41) is 37.1. The second-order valence-electron chi connectivity index (χ2n) is 4.81. The van der Waals surface area contributed by atoms with E-state index < -0.39 is 24.5 Å². The number of aliphatic hydroxyl groups is 3. The number of hydrogen-bond acceptors (Lipinski definition) is 6. The van der Waals surface area contributed by atoms with Crippen LogP contribution >= 0.6 is 0 Å². The first-order valence-electron chi connectivity index (χ1n) is 6.27. The van der Waals surface area contributed by atoms with Gasteiger partial charge in [-0.3, -0.25) is 4.68 Å². The van der Waals surface area contributed by atoms with E-state index in [1.165, 1.54) is 4.68 Å². The highest BCUT2D eigenvalue weighted by atomic mass is 16.6. The van der Waals surface area contributed by atoms with E-state index in [0.717, 1.165) is 5.56 Å². The molecule has 1 fully saturated rings. The van der Waals surface area contributed by atoms with Crippen molar-refractivity contribution in [2.75, 3.05) is 6.61 Å². The van der Waals surface area contributed by atoms with E-state index in [4.69, 9.17) is 9.84 Å². The summed E-state index contributed by atoms with van der Waals surface area (Å²) >= 11 is 0. The van der Waals surface area contributed by atoms with Crippen LogP contribution in [-0.2, 0) is 11.8 Å². The first-order chi connectivity index (χ1) is 9.60. The van der Waals surface area contributed by atoms with Crippen LogP contribution in [0.15, 0.2) is 24.7 Å². The second kappa shape index (κ2) is 4.98. The lowest BCUT2D eigenvalue weighted by Crippen LogP contribution is -2.33. The number of aryl methyl sites for hydroxylation is 1. The molecule has 0 bridgehead atoms. The Morgan fingerprint density at radius 3 is 2.75 bits per heavy atom. The zero-order chi connectivity index (χ0) is 14.3. The minimum absolute atomic E-state index is 0.356. The van der Waals surface area contributed by atoms with Crippen LogP contribution in [0.2, 0.25) is 0 Å². The van der Waals surface area contributed by atoms with E-state index >= 15 is 0 Å². The lowest BCUT2D eigenvalue weighted by molar-refractivity contribution is -0.0585. The molecule has 1 unspecified atom stereocenters. The zero-order valence-corrected chi connectivity index (χ0v) is 10.9. The van der Waals surface area contributed by atoms with Crippen molar-refractivity contribution >= 4 is 0 Å². The molecule has 0 aromatic carbocycles. The van der Waals surface area contributed by atoms with Crippen molar-refractivity contribution in [1.82, 2.24) is 19.6 Å². The second-order valence-corrected chi connectivity index (χ2v) is 4.81. The lowest BCUT2D eigenvalue weighted by Gasteiger charge is -2.14. The van der Waals surface area contributed by atoms with Gasteiger partial charge >= 0.3 is 0 Å². The minimum Gasteiger partial charge on any atom is -0.394 e. The smallest absolute Gasteiger partial charge is 0.179 e. The highest BCUT2D eigenvalue weighted by Gasteiger charge is 2.43. The average Bonchev–Trinajstić information content (AvgIpc) is 3.12. The summed E-state index contributed by atoms with van der Waals surface area (Å²) < 4.78 is 8.51. The van der Waals surface area contributed by atoms with Crippen molar-refractivity contribution in [1.29, 1.82) is 0 Å². The van der Waals surface area contributed by atoms with Gasteiger partial charge in [0.05, 0.1) is 18.5 Å². The summed E-state index contributed by atoms with van der Waals surface area (Å²) in [7, 11) is 1.81. The standard InChI is InChI=1S/C12H16N4O4/c1-15-5-7(4-13-15)8-2-3-16(14-8)12-11(19)10(18)9(6-17)20-12/h2-5,9-12,17-19H,6H2,1H3/t9-,10?,11+,12-/m1/s1. The van der Waals surface area contributed by atoms with Crippen molar-refractivity contribution in [3.63, 3.8) is 0 Å². The molecule has 0 radical (unpaired) electrons. The Morgan fingerprint density at radius 1 is 1.35 bits per heavy atom. The van der Waals surface area contributed by atoms with Gasteiger partial charge in [0.25, 0.3) is 0 Å². The molecule has 0 amide bonds. The third kappa shape index (κ3) is 2.12. The van der Waals surface area contributed by atoms with Crippen LogP contribution in [0.4, 0.5) is 0 Å². The van der Waals surface area contributed by atoms with Crippen molar-refractivity contribution < 1.29 is 20.1 Å². The predicted molar refractivity (Wildman–Crippen MR) is 67.4 cm³/mol. The van der Waals surface area contributed by atoms with E-state index in [-0.39, 0.29) is 6.61 Å². The minimum atomic E-state index is -1.13. The van der Waals surface area contributed by atoms with E-state index in [9.17, 15) is 10.2 Å². The van der Waals surface area contributed by atoms with Crippen LogP contribution in [0.3, 0.4) is 0 Å². The van der Waals surface area contributed by atoms with Gasteiger partial charge < -0.3 is 20.1 Å². The van der Waals surface area contributed by atoms with Crippen LogP contribution in [-0.4, -0.2) is 59.8 Å².